The maximum atomic E-state index is 2.68. The molecule has 6 rings (SSSR count). The van der Waals surface area contributed by atoms with Crippen LogP contribution in [0, 0.1) is 19.8 Å². The van der Waals surface area contributed by atoms with Gasteiger partial charge in [0, 0.05) is 0 Å². The second-order valence-corrected chi connectivity index (χ2v) is 28.4. The van der Waals surface area contributed by atoms with E-state index in [9.17, 15) is 0 Å². The summed E-state index contributed by atoms with van der Waals surface area (Å²) in [5.74, 6) is 0.451. The van der Waals surface area contributed by atoms with E-state index in [4.69, 9.17) is 0 Å². The topological polar surface area (TPSA) is 0 Å². The predicted molar refractivity (Wildman–Crippen MR) is 211 cm³/mol. The molecule has 0 aliphatic heterocycles. The summed E-state index contributed by atoms with van der Waals surface area (Å²) in [5, 5.41) is 1.68. The Hall–Kier alpha value is -2.09. The molecule has 0 N–H and O–H groups in total. The fraction of sp³-hybridized carbons (Fsp3) is 0.370. The van der Waals surface area contributed by atoms with Gasteiger partial charge in [-0.05, 0) is 0 Å². The molecule has 0 saturated heterocycles. The molecule has 0 bridgehead atoms. The molecule has 4 aromatic rings. The summed E-state index contributed by atoms with van der Waals surface area (Å²) >= 11 is -2.97. The number of allylic oxidation sites excluding steroid dienone is 4. The molecule has 0 spiro atoms. The third kappa shape index (κ3) is 7.67. The van der Waals surface area contributed by atoms with Crippen LogP contribution in [0.5, 0.6) is 0 Å². The number of aryl methyl sites for hydroxylation is 2. The Morgan fingerprint density at radius 2 is 1.20 bits per heavy atom. The van der Waals surface area contributed by atoms with Crippen molar-refractivity contribution in [1.29, 1.82) is 0 Å². The van der Waals surface area contributed by atoms with Crippen molar-refractivity contribution < 1.29 is 46.1 Å². The normalized spacial score (nSPS) is 15.4. The molecule has 0 radical (unpaired) electrons. The van der Waals surface area contributed by atoms with Crippen LogP contribution in [0.2, 0.25) is 19.6 Å². The van der Waals surface area contributed by atoms with E-state index in [0.29, 0.717) is 5.92 Å². The van der Waals surface area contributed by atoms with Gasteiger partial charge in [0.1, 0.15) is 0 Å². The van der Waals surface area contributed by atoms with Crippen LogP contribution in [0.4, 0.5) is 0 Å². The Morgan fingerprint density at radius 3 is 1.66 bits per heavy atom. The van der Waals surface area contributed by atoms with E-state index in [0.717, 1.165) is 6.42 Å². The minimum atomic E-state index is -2.97. The molecule has 0 nitrogen and oxygen atoms in total. The average Bonchev–Trinajstić information content (AvgIpc) is 3.52. The molecule has 2 aliphatic rings. The van der Waals surface area contributed by atoms with Crippen molar-refractivity contribution in [3.05, 3.63) is 143 Å². The van der Waals surface area contributed by atoms with Crippen molar-refractivity contribution in [3.63, 3.8) is 0 Å². The first-order valence-electron chi connectivity index (χ1n) is 18.0. The zero-order chi connectivity index (χ0) is 34.9. The third-order valence-corrected chi connectivity index (χ3v) is 21.5. The zero-order valence-electron chi connectivity index (χ0n) is 32.6. The van der Waals surface area contributed by atoms with Crippen molar-refractivity contribution in [2.24, 2.45) is 5.92 Å². The molecule has 1 unspecified atom stereocenters. The van der Waals surface area contributed by atoms with Gasteiger partial charge < -0.3 is 24.8 Å². The monoisotopic (exact) mass is 796 g/mol. The Kier molecular flexibility index (Phi) is 12.0. The molecule has 0 aromatic heterocycles. The van der Waals surface area contributed by atoms with Crippen LogP contribution in [0.15, 0.2) is 99.0 Å². The van der Waals surface area contributed by atoms with Gasteiger partial charge in [-0.1, -0.05) is 0 Å². The van der Waals surface area contributed by atoms with E-state index in [-0.39, 0.29) is 35.6 Å². The molecule has 4 heteroatoms. The number of hydrogen-bond acceptors (Lipinski definition) is 0. The number of benzene rings is 4. The van der Waals surface area contributed by atoms with Crippen LogP contribution in [0.25, 0.3) is 11.1 Å². The fourth-order valence-corrected chi connectivity index (χ4v) is 20.3. The summed E-state index contributed by atoms with van der Waals surface area (Å²) < 4.78 is 5.16. The first-order chi connectivity index (χ1) is 22.4. The van der Waals surface area contributed by atoms with Crippen molar-refractivity contribution in [2.45, 2.75) is 106 Å². The molecule has 50 heavy (non-hydrogen) atoms. The molecule has 0 amide bonds. The number of rotatable bonds is 5. The van der Waals surface area contributed by atoms with Gasteiger partial charge in [-0.15, -0.1) is 0 Å². The minimum Gasteiger partial charge on any atom is -1.00 e. The second-order valence-electron chi connectivity index (χ2n) is 17.7. The first-order valence-corrected chi connectivity index (χ1v) is 25.2. The fourth-order valence-electron chi connectivity index (χ4n) is 8.12. The summed E-state index contributed by atoms with van der Waals surface area (Å²) in [5.41, 5.74) is 16.3. The van der Waals surface area contributed by atoms with Crippen molar-refractivity contribution in [2.75, 3.05) is 0 Å². The smallest absolute Gasteiger partial charge is 1.00 e. The van der Waals surface area contributed by atoms with Gasteiger partial charge in [-0.3, -0.25) is 0 Å². The number of halogens is 2. The van der Waals surface area contributed by atoms with Gasteiger partial charge in [-0.2, -0.15) is 0 Å². The van der Waals surface area contributed by atoms with E-state index in [1.54, 1.807) is 31.7 Å². The largest absolute Gasteiger partial charge is 1.00 e. The third-order valence-electron chi connectivity index (χ3n) is 10.7. The van der Waals surface area contributed by atoms with Gasteiger partial charge in [-0.25, -0.2) is 0 Å². The maximum absolute atomic E-state index is 2.97. The molecule has 0 saturated carbocycles. The summed E-state index contributed by atoms with van der Waals surface area (Å²) in [6, 6.07) is 31.4. The summed E-state index contributed by atoms with van der Waals surface area (Å²) in [7, 11) is -1.55. The maximum Gasteiger partial charge on any atom is -1.00 e. The SMILES string of the molecule is CC1=[C]([Zr+2](=[C](c2ccc(C)cc2)c2ccc(C)cc2)[c]2c(C(C)(C)C)ccc3c2Cc2cc(C(C)(C)C)ccc2-3)C(C)C=C1[Si](C)(C)C.[Cl-].[Cl-]. The van der Waals surface area contributed by atoms with Gasteiger partial charge in [0.15, 0.2) is 0 Å². The van der Waals surface area contributed by atoms with Gasteiger partial charge >= 0.3 is 302 Å². The van der Waals surface area contributed by atoms with Crippen LogP contribution >= 0.6 is 0 Å². The minimum absolute atomic E-state index is 0. The van der Waals surface area contributed by atoms with Crippen LogP contribution in [-0.4, -0.2) is 11.3 Å². The quantitative estimate of drug-likeness (QED) is 0.200. The van der Waals surface area contributed by atoms with Crippen LogP contribution in [0.3, 0.4) is 0 Å². The second kappa shape index (κ2) is 14.7. The van der Waals surface area contributed by atoms with Crippen molar-refractivity contribution in [3.8, 4) is 11.1 Å². The molecule has 1 atom stereocenters. The van der Waals surface area contributed by atoms with Crippen LogP contribution in [0.1, 0.15) is 99.9 Å². The molecular weight excluding hydrogens is 743 g/mol. The molecule has 2 aliphatic carbocycles. The Morgan fingerprint density at radius 1 is 0.680 bits per heavy atom. The standard InChI is InChI=1S/C21H25.C15H14.C10H17Si.2ClH.Zr/c1-20(2,3)16-7-9-18-14(12-16)11-15-13-17(21(4,5)6)8-10-19(15)18;1-12-3-7-14(8-4-12)11-15-9-5-13(2)6-10-15;1-8-6-9(2)10(7-8)11(3,4)5;;;/h7-10,12H,11H2,1-6H3;3-10H,1-2H3;7-8H,1-5H3;2*1H;/q;;;;;+2/p-2. The molecule has 4 aromatic carbocycles. The van der Waals surface area contributed by atoms with Gasteiger partial charge in [0.2, 0.25) is 0 Å². The van der Waals surface area contributed by atoms with E-state index >= 15 is 0 Å². The molecular formula is C46H56Cl2SiZr. The molecule has 262 valence electrons. The zero-order valence-corrected chi connectivity index (χ0v) is 37.6. The van der Waals surface area contributed by atoms with Crippen molar-refractivity contribution >= 4 is 14.6 Å². The molecule has 0 fully saturated rings. The van der Waals surface area contributed by atoms with E-state index in [2.05, 4.69) is 174 Å². The molecule has 0 heterocycles. The van der Waals surface area contributed by atoms with Gasteiger partial charge in [0.05, 0.1) is 0 Å². The Bertz CT molecular complexity index is 1960. The summed E-state index contributed by atoms with van der Waals surface area (Å²) in [6.07, 6.45) is 3.71. The Labute approximate surface area is 324 Å². The van der Waals surface area contributed by atoms with Gasteiger partial charge in [0.25, 0.3) is 0 Å². The average molecular weight is 799 g/mol. The van der Waals surface area contributed by atoms with E-state index in [1.807, 2.05) is 0 Å². The number of hydrogen-bond donors (Lipinski definition) is 0. The van der Waals surface area contributed by atoms with Crippen LogP contribution < -0.4 is 28.1 Å². The van der Waals surface area contributed by atoms with Crippen molar-refractivity contribution in [1.82, 2.24) is 0 Å². The number of fused-ring (bicyclic) bond motifs is 3. The summed E-state index contributed by atoms with van der Waals surface area (Å²) in [6.45, 7) is 31.4. The van der Waals surface area contributed by atoms with E-state index < -0.39 is 29.3 Å². The van der Waals surface area contributed by atoms with E-state index in [1.165, 1.54) is 44.5 Å². The van der Waals surface area contributed by atoms with Crippen LogP contribution in [-0.2, 0) is 38.5 Å². The Balaban J connectivity index is 0.00000281. The predicted octanol–water partition coefficient (Wildman–Crippen LogP) is 5.72. The first kappa shape index (κ1) is 40.7. The summed E-state index contributed by atoms with van der Waals surface area (Å²) in [4.78, 5) is 0.